The third-order valence-corrected chi connectivity index (χ3v) is 3.48. The summed E-state index contributed by atoms with van der Waals surface area (Å²) in [6.45, 7) is 4.04. The van der Waals surface area contributed by atoms with Crippen molar-refractivity contribution in [3.05, 3.63) is 12.3 Å². The summed E-state index contributed by atoms with van der Waals surface area (Å²) < 4.78 is 5.56. The van der Waals surface area contributed by atoms with Crippen molar-refractivity contribution in [3.63, 3.8) is 0 Å². The number of aromatic nitrogens is 2. The molecule has 1 aliphatic rings. The zero-order valence-corrected chi connectivity index (χ0v) is 11.7. The molecule has 1 aromatic rings. The Morgan fingerprint density at radius 1 is 1.37 bits per heavy atom. The van der Waals surface area contributed by atoms with Crippen molar-refractivity contribution in [2.24, 2.45) is 0 Å². The molecule has 0 amide bonds. The molecule has 0 radical (unpaired) electrons. The van der Waals surface area contributed by atoms with E-state index < -0.39 is 0 Å². The molecule has 0 bridgehead atoms. The monoisotopic (exact) mass is 265 g/mol. The van der Waals surface area contributed by atoms with Crippen molar-refractivity contribution in [3.8, 4) is 5.88 Å². The van der Waals surface area contributed by atoms with Gasteiger partial charge in [0.15, 0.2) is 0 Å². The van der Waals surface area contributed by atoms with Crippen molar-refractivity contribution in [1.82, 2.24) is 9.97 Å². The SMILES string of the molecule is CC(C)Oc1ccnc(NC2(CO)CCCCC2)n1. The summed E-state index contributed by atoms with van der Waals surface area (Å²) in [7, 11) is 0. The van der Waals surface area contributed by atoms with Crippen LogP contribution in [0.25, 0.3) is 0 Å². The number of aliphatic hydroxyl groups is 1. The Labute approximate surface area is 114 Å². The standard InChI is InChI=1S/C14H23N3O2/c1-11(2)19-12-6-9-15-13(16-12)17-14(10-18)7-4-3-5-8-14/h6,9,11,18H,3-5,7-8,10H2,1-2H3,(H,15,16,17). The first kappa shape index (κ1) is 14.1. The predicted octanol–water partition coefficient (Wildman–Crippen LogP) is 2.37. The molecule has 0 unspecified atom stereocenters. The highest BCUT2D eigenvalue weighted by molar-refractivity contribution is 5.32. The van der Waals surface area contributed by atoms with Gasteiger partial charge in [0.25, 0.3) is 0 Å². The van der Waals surface area contributed by atoms with Crippen LogP contribution in [-0.2, 0) is 0 Å². The molecule has 0 aromatic carbocycles. The van der Waals surface area contributed by atoms with E-state index in [1.165, 1.54) is 6.42 Å². The molecule has 106 valence electrons. The molecule has 5 heteroatoms. The minimum Gasteiger partial charge on any atom is -0.475 e. The van der Waals surface area contributed by atoms with Crippen LogP contribution >= 0.6 is 0 Å². The lowest BCUT2D eigenvalue weighted by Crippen LogP contribution is -2.44. The fourth-order valence-corrected chi connectivity index (χ4v) is 2.50. The van der Waals surface area contributed by atoms with Crippen molar-refractivity contribution >= 4 is 5.95 Å². The first-order chi connectivity index (χ1) is 9.13. The quantitative estimate of drug-likeness (QED) is 0.855. The number of rotatable bonds is 5. The summed E-state index contributed by atoms with van der Waals surface area (Å²) in [5.74, 6) is 1.10. The zero-order valence-electron chi connectivity index (χ0n) is 11.7. The van der Waals surface area contributed by atoms with Gasteiger partial charge in [0.05, 0.1) is 18.2 Å². The van der Waals surface area contributed by atoms with E-state index >= 15 is 0 Å². The number of ether oxygens (including phenoxy) is 1. The van der Waals surface area contributed by atoms with Crippen LogP contribution in [0.1, 0.15) is 46.0 Å². The fraction of sp³-hybridized carbons (Fsp3) is 0.714. The average molecular weight is 265 g/mol. The molecule has 5 nitrogen and oxygen atoms in total. The van der Waals surface area contributed by atoms with E-state index in [1.807, 2.05) is 13.8 Å². The van der Waals surface area contributed by atoms with E-state index in [4.69, 9.17) is 4.74 Å². The molecule has 2 rings (SSSR count). The summed E-state index contributed by atoms with van der Waals surface area (Å²) in [4.78, 5) is 8.56. The first-order valence-corrected chi connectivity index (χ1v) is 7.02. The third kappa shape index (κ3) is 3.80. The molecule has 0 spiro atoms. The summed E-state index contributed by atoms with van der Waals surface area (Å²) >= 11 is 0. The van der Waals surface area contributed by atoms with E-state index in [2.05, 4.69) is 15.3 Å². The topological polar surface area (TPSA) is 67.3 Å². The fourth-order valence-electron chi connectivity index (χ4n) is 2.50. The molecule has 0 saturated heterocycles. The maximum absolute atomic E-state index is 9.67. The third-order valence-electron chi connectivity index (χ3n) is 3.48. The zero-order chi connectivity index (χ0) is 13.7. The largest absolute Gasteiger partial charge is 0.475 e. The Morgan fingerprint density at radius 2 is 2.11 bits per heavy atom. The summed E-state index contributed by atoms with van der Waals surface area (Å²) in [5.41, 5.74) is -0.269. The van der Waals surface area contributed by atoms with Crippen molar-refractivity contribution in [1.29, 1.82) is 0 Å². The minimum absolute atomic E-state index is 0.0873. The molecule has 1 aromatic heterocycles. The number of hydrogen-bond acceptors (Lipinski definition) is 5. The van der Waals surface area contributed by atoms with Gasteiger partial charge in [0.1, 0.15) is 0 Å². The maximum Gasteiger partial charge on any atom is 0.226 e. The number of anilines is 1. The summed E-state index contributed by atoms with van der Waals surface area (Å²) in [6.07, 6.45) is 7.20. The molecule has 0 atom stereocenters. The first-order valence-electron chi connectivity index (χ1n) is 7.02. The highest BCUT2D eigenvalue weighted by Crippen LogP contribution is 2.30. The van der Waals surface area contributed by atoms with Gasteiger partial charge in [-0.25, -0.2) is 4.98 Å². The smallest absolute Gasteiger partial charge is 0.226 e. The number of nitrogens with zero attached hydrogens (tertiary/aromatic N) is 2. The van der Waals surface area contributed by atoms with Crippen molar-refractivity contribution in [2.75, 3.05) is 11.9 Å². The van der Waals surface area contributed by atoms with Crippen LogP contribution in [-0.4, -0.2) is 33.3 Å². The van der Waals surface area contributed by atoms with E-state index in [-0.39, 0.29) is 18.2 Å². The lowest BCUT2D eigenvalue weighted by atomic mass is 9.82. The van der Waals surface area contributed by atoms with E-state index in [0.29, 0.717) is 11.8 Å². The molecule has 1 aliphatic carbocycles. The predicted molar refractivity (Wildman–Crippen MR) is 74.3 cm³/mol. The van der Waals surface area contributed by atoms with Gasteiger partial charge in [-0.3, -0.25) is 0 Å². The van der Waals surface area contributed by atoms with Gasteiger partial charge in [-0.15, -0.1) is 0 Å². The summed E-state index contributed by atoms with van der Waals surface area (Å²) in [6, 6.07) is 1.75. The van der Waals surface area contributed by atoms with Gasteiger partial charge in [-0.05, 0) is 26.7 Å². The van der Waals surface area contributed by atoms with Crippen LogP contribution in [0.4, 0.5) is 5.95 Å². The van der Waals surface area contributed by atoms with Crippen LogP contribution in [0, 0.1) is 0 Å². The maximum atomic E-state index is 9.67. The minimum atomic E-state index is -0.269. The molecule has 19 heavy (non-hydrogen) atoms. The Kier molecular flexibility index (Phi) is 4.58. The lowest BCUT2D eigenvalue weighted by Gasteiger charge is -2.36. The van der Waals surface area contributed by atoms with Crippen LogP contribution in [0.2, 0.25) is 0 Å². The van der Waals surface area contributed by atoms with Gasteiger partial charge < -0.3 is 15.2 Å². The number of hydrogen-bond donors (Lipinski definition) is 2. The molecule has 2 N–H and O–H groups in total. The van der Waals surface area contributed by atoms with Crippen LogP contribution in [0.3, 0.4) is 0 Å². The van der Waals surface area contributed by atoms with Crippen molar-refractivity contribution < 1.29 is 9.84 Å². The number of nitrogens with one attached hydrogen (secondary N) is 1. The Morgan fingerprint density at radius 3 is 2.74 bits per heavy atom. The average Bonchev–Trinajstić information content (AvgIpc) is 2.39. The van der Waals surface area contributed by atoms with Crippen molar-refractivity contribution in [2.45, 2.75) is 57.6 Å². The Bertz CT molecular complexity index is 403. The second-order valence-electron chi connectivity index (χ2n) is 5.51. The van der Waals surface area contributed by atoms with E-state index in [9.17, 15) is 5.11 Å². The highest BCUT2D eigenvalue weighted by atomic mass is 16.5. The van der Waals surface area contributed by atoms with E-state index in [0.717, 1.165) is 25.7 Å². The molecule has 1 fully saturated rings. The molecular weight excluding hydrogens is 242 g/mol. The van der Waals surface area contributed by atoms with Gasteiger partial charge in [-0.1, -0.05) is 19.3 Å². The number of aliphatic hydroxyl groups excluding tert-OH is 1. The molecular formula is C14H23N3O2. The second-order valence-corrected chi connectivity index (χ2v) is 5.51. The Balaban J connectivity index is 2.08. The van der Waals surface area contributed by atoms with E-state index in [1.54, 1.807) is 12.3 Å². The van der Waals surface area contributed by atoms with Gasteiger partial charge in [0, 0.05) is 12.3 Å². The molecule has 1 heterocycles. The van der Waals surface area contributed by atoms with Crippen LogP contribution in [0.15, 0.2) is 12.3 Å². The normalized spacial score (nSPS) is 18.3. The lowest BCUT2D eigenvalue weighted by molar-refractivity contribution is 0.171. The highest BCUT2D eigenvalue weighted by Gasteiger charge is 2.31. The van der Waals surface area contributed by atoms with Gasteiger partial charge >= 0.3 is 0 Å². The van der Waals surface area contributed by atoms with Gasteiger partial charge in [0.2, 0.25) is 11.8 Å². The van der Waals surface area contributed by atoms with Gasteiger partial charge in [-0.2, -0.15) is 4.98 Å². The Hall–Kier alpha value is -1.36. The van der Waals surface area contributed by atoms with Crippen LogP contribution < -0.4 is 10.1 Å². The molecule has 1 saturated carbocycles. The second kappa shape index (κ2) is 6.19. The van der Waals surface area contributed by atoms with Crippen LogP contribution in [0.5, 0.6) is 5.88 Å². The summed E-state index contributed by atoms with van der Waals surface area (Å²) in [5, 5.41) is 13.0. The molecule has 0 aliphatic heterocycles.